The highest BCUT2D eigenvalue weighted by molar-refractivity contribution is 5.90. The molecule has 1 N–H and O–H groups in total. The summed E-state index contributed by atoms with van der Waals surface area (Å²) in [4.78, 5) is 20.9. The Morgan fingerprint density at radius 3 is 1.18 bits per heavy atom. The van der Waals surface area contributed by atoms with Gasteiger partial charge in [0.1, 0.15) is 0 Å². The van der Waals surface area contributed by atoms with Crippen LogP contribution in [0.4, 0.5) is 87.8 Å². The highest BCUT2D eigenvalue weighted by atomic mass is 19.4. The van der Waals surface area contributed by atoms with E-state index in [0.717, 1.165) is 0 Å². The van der Waals surface area contributed by atoms with E-state index in [4.69, 9.17) is 5.11 Å². The van der Waals surface area contributed by atoms with Gasteiger partial charge < -0.3 is 9.84 Å². The Labute approximate surface area is 199 Å². The second kappa shape index (κ2) is 10.0. The molecule has 230 valence electrons. The second-order valence-corrected chi connectivity index (χ2v) is 6.93. The maximum atomic E-state index is 13.6. The fraction of sp³-hybridized carbons (Fsp3) is 0.733. The number of halogens is 20. The van der Waals surface area contributed by atoms with Crippen LogP contribution in [-0.4, -0.2) is 83.4 Å². The number of hydrogen-bond donors (Lipinski definition) is 1. The Bertz CT molecular complexity index is 953. The molecule has 0 atom stereocenters. The Morgan fingerprint density at radius 2 is 0.872 bits per heavy atom. The summed E-state index contributed by atoms with van der Waals surface area (Å²) in [5, 5.41) is 8.08. The molecular formula is C15H6F20O4. The quantitative estimate of drug-likeness (QED) is 0.151. The number of carbonyl (C=O) groups is 2. The molecule has 0 rings (SSSR count). The van der Waals surface area contributed by atoms with Gasteiger partial charge in [0.25, 0.3) is 0 Å². The van der Waals surface area contributed by atoms with Gasteiger partial charge in [0.05, 0.1) is 0 Å². The molecule has 24 heteroatoms. The summed E-state index contributed by atoms with van der Waals surface area (Å²) in [7, 11) is 0. The van der Waals surface area contributed by atoms with Gasteiger partial charge in [-0.15, -0.1) is 0 Å². The van der Waals surface area contributed by atoms with Crippen molar-refractivity contribution in [2.45, 2.75) is 59.7 Å². The molecule has 0 aliphatic rings. The van der Waals surface area contributed by atoms with E-state index in [1.54, 1.807) is 0 Å². The van der Waals surface area contributed by atoms with Crippen molar-refractivity contribution < 1.29 is 107 Å². The summed E-state index contributed by atoms with van der Waals surface area (Å²) in [5.41, 5.74) is 0. The van der Waals surface area contributed by atoms with Crippen LogP contribution in [0.25, 0.3) is 0 Å². The van der Waals surface area contributed by atoms with E-state index in [2.05, 4.69) is 4.74 Å². The van der Waals surface area contributed by atoms with Crippen LogP contribution < -0.4 is 0 Å². The maximum Gasteiger partial charge on any atom is 0.385 e. The first-order valence-electron chi connectivity index (χ1n) is 8.52. The summed E-state index contributed by atoms with van der Waals surface area (Å²) in [6.07, 6.45) is -6.87. The third kappa shape index (κ3) is 5.25. The Balaban J connectivity index is 6.72. The van der Waals surface area contributed by atoms with Crippen LogP contribution >= 0.6 is 0 Å². The van der Waals surface area contributed by atoms with Gasteiger partial charge in [-0.3, -0.25) is 0 Å². The predicted molar refractivity (Wildman–Crippen MR) is 78.3 cm³/mol. The van der Waals surface area contributed by atoms with Gasteiger partial charge in [-0.25, -0.2) is 18.4 Å². The van der Waals surface area contributed by atoms with E-state index in [1.807, 2.05) is 0 Å². The average molecular weight is 630 g/mol. The smallest absolute Gasteiger partial charge is 0.385 e. The molecule has 0 aliphatic carbocycles. The van der Waals surface area contributed by atoms with Gasteiger partial charge in [-0.1, -0.05) is 0 Å². The number of carbonyl (C=O) groups excluding carboxylic acids is 1. The molecule has 0 saturated heterocycles. The molecule has 0 aromatic carbocycles. The van der Waals surface area contributed by atoms with Gasteiger partial charge in [-0.2, -0.15) is 79.0 Å². The largest absolute Gasteiger partial charge is 0.478 e. The van der Waals surface area contributed by atoms with Crippen LogP contribution in [-0.2, 0) is 14.3 Å². The SMILES string of the molecule is O=C(O)/C=C\C(=O)OCC(F)(F)C(F)(F)C(F)(F)C(F)(F)C(F)(F)C(F)(F)C(F)(F)C(F)(F)C(F)(F)C(F)F. The zero-order chi connectivity index (χ0) is 32.1. The van der Waals surface area contributed by atoms with Gasteiger partial charge in [-0.05, 0) is 0 Å². The first-order chi connectivity index (χ1) is 16.8. The van der Waals surface area contributed by atoms with Crippen LogP contribution in [0.3, 0.4) is 0 Å². The lowest BCUT2D eigenvalue weighted by Gasteiger charge is -2.44. The first-order valence-corrected chi connectivity index (χ1v) is 8.52. The minimum atomic E-state index is -9.14. The second-order valence-electron chi connectivity index (χ2n) is 6.93. The molecule has 0 radical (unpaired) electrons. The number of ether oxygens (including phenoxy) is 1. The molecular weight excluding hydrogens is 624 g/mol. The highest BCUT2D eigenvalue weighted by Crippen LogP contribution is 2.65. The van der Waals surface area contributed by atoms with Crippen molar-refractivity contribution in [1.82, 2.24) is 0 Å². The lowest BCUT2D eigenvalue weighted by molar-refractivity contribution is -0.465. The third-order valence-electron chi connectivity index (χ3n) is 4.28. The molecule has 39 heavy (non-hydrogen) atoms. The normalized spacial score (nSPS) is 15.7. The summed E-state index contributed by atoms with van der Waals surface area (Å²) < 4.78 is 267. The van der Waals surface area contributed by atoms with E-state index in [1.165, 1.54) is 0 Å². The molecule has 0 aromatic heterocycles. The monoisotopic (exact) mass is 630 g/mol. The summed E-state index contributed by atoms with van der Waals surface area (Å²) in [6.45, 7) is -3.58. The minimum Gasteiger partial charge on any atom is -0.478 e. The van der Waals surface area contributed by atoms with Gasteiger partial charge in [0, 0.05) is 12.2 Å². The number of rotatable bonds is 13. The number of alkyl halides is 20. The molecule has 0 fully saturated rings. The van der Waals surface area contributed by atoms with Crippen molar-refractivity contribution in [2.75, 3.05) is 6.61 Å². The molecule has 0 aliphatic heterocycles. The average Bonchev–Trinajstić information content (AvgIpc) is 2.74. The zero-order valence-electron chi connectivity index (χ0n) is 17.2. The summed E-state index contributed by atoms with van der Waals surface area (Å²) in [5.74, 6) is -81.1. The molecule has 0 aromatic rings. The molecule has 0 saturated carbocycles. The van der Waals surface area contributed by atoms with E-state index in [-0.39, 0.29) is 6.08 Å². The number of carboxylic acid groups (broad SMARTS) is 1. The molecule has 0 amide bonds. The van der Waals surface area contributed by atoms with Crippen LogP contribution in [0.2, 0.25) is 0 Å². The highest BCUT2D eigenvalue weighted by Gasteiger charge is 2.96. The molecule has 4 nitrogen and oxygen atoms in total. The van der Waals surface area contributed by atoms with Crippen molar-refractivity contribution >= 4 is 11.9 Å². The standard InChI is InChI=1S/C15H6F20O4/c16-6(17)8(20,21)10(24,25)12(28,29)14(32,33)15(34,35)13(30,31)11(26,27)9(22,23)7(18,19)3-39-5(38)2-1-4(36)37/h1-2,6H,3H2,(H,36,37)/b2-1-. The van der Waals surface area contributed by atoms with E-state index in [0.29, 0.717) is 0 Å². The Morgan fingerprint density at radius 1 is 0.564 bits per heavy atom. The van der Waals surface area contributed by atoms with E-state index in [9.17, 15) is 97.4 Å². The van der Waals surface area contributed by atoms with Crippen LogP contribution in [0, 0.1) is 0 Å². The van der Waals surface area contributed by atoms with Crippen molar-refractivity contribution in [3.63, 3.8) is 0 Å². The molecule has 0 heterocycles. The van der Waals surface area contributed by atoms with Gasteiger partial charge in [0.15, 0.2) is 6.61 Å². The summed E-state index contributed by atoms with van der Waals surface area (Å²) in [6, 6.07) is 0. The van der Waals surface area contributed by atoms with Crippen LogP contribution in [0.1, 0.15) is 0 Å². The molecule has 0 spiro atoms. The number of esters is 1. The van der Waals surface area contributed by atoms with Crippen molar-refractivity contribution in [1.29, 1.82) is 0 Å². The van der Waals surface area contributed by atoms with E-state index < -0.39 is 84.3 Å². The molecule has 0 unspecified atom stereocenters. The lowest BCUT2D eigenvalue weighted by Crippen LogP contribution is -2.76. The third-order valence-corrected chi connectivity index (χ3v) is 4.28. The summed E-state index contributed by atoms with van der Waals surface area (Å²) >= 11 is 0. The number of hydrogen-bond acceptors (Lipinski definition) is 3. The molecule has 0 bridgehead atoms. The lowest BCUT2D eigenvalue weighted by atomic mass is 9.86. The van der Waals surface area contributed by atoms with Gasteiger partial charge >= 0.3 is 71.7 Å². The number of aliphatic carboxylic acids is 1. The van der Waals surface area contributed by atoms with Crippen molar-refractivity contribution in [3.05, 3.63) is 12.2 Å². The Kier molecular flexibility index (Phi) is 9.33. The fourth-order valence-electron chi connectivity index (χ4n) is 2.00. The van der Waals surface area contributed by atoms with Crippen molar-refractivity contribution in [2.24, 2.45) is 0 Å². The topological polar surface area (TPSA) is 63.6 Å². The predicted octanol–water partition coefficient (Wildman–Crippen LogP) is 6.15. The van der Waals surface area contributed by atoms with Crippen LogP contribution in [0.15, 0.2) is 12.2 Å². The van der Waals surface area contributed by atoms with Crippen LogP contribution in [0.5, 0.6) is 0 Å². The first kappa shape index (κ1) is 36.3. The van der Waals surface area contributed by atoms with Crippen molar-refractivity contribution in [3.8, 4) is 0 Å². The Hall–Kier alpha value is -2.72. The van der Waals surface area contributed by atoms with Gasteiger partial charge in [0.2, 0.25) is 0 Å². The minimum absolute atomic E-state index is 0.294. The maximum absolute atomic E-state index is 13.6. The van der Waals surface area contributed by atoms with E-state index >= 15 is 0 Å². The fourth-order valence-corrected chi connectivity index (χ4v) is 2.00. The number of carboxylic acids is 1. The zero-order valence-corrected chi connectivity index (χ0v) is 17.2.